The predicted molar refractivity (Wildman–Crippen MR) is 86.3 cm³/mol. The summed E-state index contributed by atoms with van der Waals surface area (Å²) in [6.07, 6.45) is 3.76. The van der Waals surface area contributed by atoms with Gasteiger partial charge in [-0.15, -0.1) is 0 Å². The molecule has 0 saturated carbocycles. The second kappa shape index (κ2) is 7.31. The molecular formula is C18H18O4. The van der Waals surface area contributed by atoms with E-state index in [1.165, 1.54) is 7.11 Å². The van der Waals surface area contributed by atoms with E-state index in [4.69, 9.17) is 14.2 Å². The van der Waals surface area contributed by atoms with Gasteiger partial charge in [-0.2, -0.15) is 0 Å². The van der Waals surface area contributed by atoms with Crippen LogP contribution in [0.2, 0.25) is 0 Å². The molecule has 0 aliphatic rings. The van der Waals surface area contributed by atoms with Crippen molar-refractivity contribution in [1.82, 2.24) is 0 Å². The standard InChI is InChI=1S/C18H18O4/c1-20-15-6-4-5-13(11-15)7-8-14-12-16(21-2)9-10-17(14)18(19)22-3/h4-12H,1-3H3/b8-7+. The van der Waals surface area contributed by atoms with Crippen molar-refractivity contribution in [3.8, 4) is 11.5 Å². The van der Waals surface area contributed by atoms with Gasteiger partial charge in [-0.3, -0.25) is 0 Å². The molecule has 114 valence electrons. The van der Waals surface area contributed by atoms with Gasteiger partial charge in [-0.1, -0.05) is 24.3 Å². The molecule has 0 aromatic heterocycles. The molecule has 4 heteroatoms. The highest BCUT2D eigenvalue weighted by Gasteiger charge is 2.10. The van der Waals surface area contributed by atoms with Crippen LogP contribution in [0.3, 0.4) is 0 Å². The molecule has 2 aromatic carbocycles. The third kappa shape index (κ3) is 3.67. The molecule has 0 bridgehead atoms. The van der Waals surface area contributed by atoms with Crippen LogP contribution in [0.4, 0.5) is 0 Å². The zero-order valence-electron chi connectivity index (χ0n) is 12.8. The van der Waals surface area contributed by atoms with Crippen molar-refractivity contribution in [3.63, 3.8) is 0 Å². The number of carbonyl (C=O) groups excluding carboxylic acids is 1. The van der Waals surface area contributed by atoms with Crippen LogP contribution < -0.4 is 9.47 Å². The summed E-state index contributed by atoms with van der Waals surface area (Å²) in [7, 11) is 4.57. The van der Waals surface area contributed by atoms with Crippen molar-refractivity contribution in [2.75, 3.05) is 21.3 Å². The summed E-state index contributed by atoms with van der Waals surface area (Å²) >= 11 is 0. The summed E-state index contributed by atoms with van der Waals surface area (Å²) in [6, 6.07) is 12.9. The normalized spacial score (nSPS) is 10.5. The van der Waals surface area contributed by atoms with Crippen molar-refractivity contribution in [3.05, 3.63) is 59.2 Å². The molecule has 0 radical (unpaired) electrons. The third-order valence-corrected chi connectivity index (χ3v) is 3.21. The maximum absolute atomic E-state index is 11.8. The lowest BCUT2D eigenvalue weighted by molar-refractivity contribution is 0.0600. The molecule has 0 spiro atoms. The van der Waals surface area contributed by atoms with Crippen LogP contribution in [0.5, 0.6) is 11.5 Å². The maximum Gasteiger partial charge on any atom is 0.338 e. The van der Waals surface area contributed by atoms with Crippen molar-refractivity contribution < 1.29 is 19.0 Å². The number of esters is 1. The second-order valence-electron chi connectivity index (χ2n) is 4.55. The highest BCUT2D eigenvalue weighted by Crippen LogP contribution is 2.22. The molecule has 0 heterocycles. The number of hydrogen-bond donors (Lipinski definition) is 0. The van der Waals surface area contributed by atoms with Crippen LogP contribution in [0.15, 0.2) is 42.5 Å². The van der Waals surface area contributed by atoms with Crippen molar-refractivity contribution in [1.29, 1.82) is 0 Å². The second-order valence-corrected chi connectivity index (χ2v) is 4.55. The topological polar surface area (TPSA) is 44.8 Å². The average molecular weight is 298 g/mol. The van der Waals surface area contributed by atoms with E-state index in [0.717, 1.165) is 16.9 Å². The van der Waals surface area contributed by atoms with E-state index in [0.29, 0.717) is 11.3 Å². The monoisotopic (exact) mass is 298 g/mol. The summed E-state index contributed by atoms with van der Waals surface area (Å²) < 4.78 is 15.2. The van der Waals surface area contributed by atoms with Gasteiger partial charge >= 0.3 is 5.97 Å². The van der Waals surface area contributed by atoms with Crippen LogP contribution >= 0.6 is 0 Å². The molecule has 0 aliphatic carbocycles. The quantitative estimate of drug-likeness (QED) is 0.624. The van der Waals surface area contributed by atoms with Gasteiger partial charge < -0.3 is 14.2 Å². The Morgan fingerprint density at radius 2 is 1.64 bits per heavy atom. The first-order chi connectivity index (χ1) is 10.7. The third-order valence-electron chi connectivity index (χ3n) is 3.21. The van der Waals surface area contributed by atoms with Crippen molar-refractivity contribution in [2.24, 2.45) is 0 Å². The highest BCUT2D eigenvalue weighted by atomic mass is 16.5. The van der Waals surface area contributed by atoms with Gasteiger partial charge in [0.1, 0.15) is 11.5 Å². The molecule has 0 N–H and O–H groups in total. The van der Waals surface area contributed by atoms with Crippen molar-refractivity contribution >= 4 is 18.1 Å². The number of carbonyl (C=O) groups is 1. The summed E-state index contributed by atoms with van der Waals surface area (Å²) in [6.45, 7) is 0. The van der Waals surface area contributed by atoms with Crippen LogP contribution in [-0.4, -0.2) is 27.3 Å². The first kappa shape index (κ1) is 15.6. The summed E-state index contributed by atoms with van der Waals surface area (Å²) in [4.78, 5) is 11.8. The Labute approximate surface area is 129 Å². The number of methoxy groups -OCH3 is 3. The molecular weight excluding hydrogens is 280 g/mol. The summed E-state index contributed by atoms with van der Waals surface area (Å²) in [5.74, 6) is 1.08. The Bertz CT molecular complexity index is 689. The minimum Gasteiger partial charge on any atom is -0.497 e. The summed E-state index contributed by atoms with van der Waals surface area (Å²) in [5.41, 5.74) is 2.19. The minimum absolute atomic E-state index is 0.382. The molecule has 0 unspecified atom stereocenters. The smallest absolute Gasteiger partial charge is 0.338 e. The van der Waals surface area contributed by atoms with E-state index in [1.54, 1.807) is 32.4 Å². The molecule has 2 aromatic rings. The van der Waals surface area contributed by atoms with Gasteiger partial charge in [-0.25, -0.2) is 4.79 Å². The Kier molecular flexibility index (Phi) is 5.20. The Balaban J connectivity index is 2.37. The van der Waals surface area contributed by atoms with E-state index >= 15 is 0 Å². The predicted octanol–water partition coefficient (Wildman–Crippen LogP) is 3.66. The first-order valence-electron chi connectivity index (χ1n) is 6.76. The van der Waals surface area contributed by atoms with Crippen LogP contribution in [-0.2, 0) is 4.74 Å². The molecule has 0 amide bonds. The fourth-order valence-electron chi connectivity index (χ4n) is 2.03. The number of ether oxygens (including phenoxy) is 3. The number of rotatable bonds is 5. The Morgan fingerprint density at radius 3 is 2.32 bits per heavy atom. The first-order valence-corrected chi connectivity index (χ1v) is 6.76. The van der Waals surface area contributed by atoms with Crippen LogP contribution in [0.25, 0.3) is 12.2 Å². The SMILES string of the molecule is COC(=O)c1ccc(OC)cc1/C=C/c1cccc(OC)c1. The molecule has 0 atom stereocenters. The molecule has 0 fully saturated rings. The Hall–Kier alpha value is -2.75. The highest BCUT2D eigenvalue weighted by molar-refractivity contribution is 5.95. The van der Waals surface area contributed by atoms with Gasteiger partial charge in [0.2, 0.25) is 0 Å². The van der Waals surface area contributed by atoms with E-state index in [9.17, 15) is 4.79 Å². The largest absolute Gasteiger partial charge is 0.497 e. The molecule has 0 aliphatic heterocycles. The van der Waals surface area contributed by atoms with Crippen LogP contribution in [0, 0.1) is 0 Å². The number of benzene rings is 2. The zero-order valence-corrected chi connectivity index (χ0v) is 12.8. The van der Waals surface area contributed by atoms with E-state index < -0.39 is 0 Å². The zero-order chi connectivity index (χ0) is 15.9. The van der Waals surface area contributed by atoms with Gasteiger partial charge in [0.15, 0.2) is 0 Å². The maximum atomic E-state index is 11.8. The molecule has 2 rings (SSSR count). The minimum atomic E-state index is -0.382. The van der Waals surface area contributed by atoms with E-state index in [1.807, 2.05) is 36.4 Å². The summed E-state index contributed by atoms with van der Waals surface area (Å²) in [5, 5.41) is 0. The lowest BCUT2D eigenvalue weighted by Crippen LogP contribution is -2.03. The van der Waals surface area contributed by atoms with E-state index in [-0.39, 0.29) is 5.97 Å². The molecule has 0 saturated heterocycles. The molecule has 4 nitrogen and oxygen atoms in total. The molecule has 22 heavy (non-hydrogen) atoms. The number of hydrogen-bond acceptors (Lipinski definition) is 4. The van der Waals surface area contributed by atoms with Crippen molar-refractivity contribution in [2.45, 2.75) is 0 Å². The Morgan fingerprint density at radius 1 is 0.909 bits per heavy atom. The van der Waals surface area contributed by atoms with Gasteiger partial charge in [0, 0.05) is 0 Å². The van der Waals surface area contributed by atoms with E-state index in [2.05, 4.69) is 0 Å². The van der Waals surface area contributed by atoms with Gasteiger partial charge in [0.25, 0.3) is 0 Å². The fourth-order valence-corrected chi connectivity index (χ4v) is 2.03. The lowest BCUT2D eigenvalue weighted by Gasteiger charge is -2.07. The average Bonchev–Trinajstić information content (AvgIpc) is 2.59. The lowest BCUT2D eigenvalue weighted by atomic mass is 10.1. The fraction of sp³-hybridized carbons (Fsp3) is 0.167. The van der Waals surface area contributed by atoms with Gasteiger partial charge in [-0.05, 0) is 41.5 Å². The van der Waals surface area contributed by atoms with Crippen LogP contribution in [0.1, 0.15) is 21.5 Å². The van der Waals surface area contributed by atoms with Gasteiger partial charge in [0.05, 0.1) is 26.9 Å².